The Morgan fingerprint density at radius 2 is 1.93 bits per heavy atom. The van der Waals surface area contributed by atoms with Crippen molar-refractivity contribution in [3.63, 3.8) is 0 Å². The number of ether oxygens (including phenoxy) is 2. The molecule has 2 fully saturated rings. The number of hydrogen-bond donors (Lipinski definition) is 2. The number of amides is 6. The predicted molar refractivity (Wildman–Crippen MR) is 150 cm³/mol. The van der Waals surface area contributed by atoms with Crippen molar-refractivity contribution in [1.29, 1.82) is 0 Å². The second kappa shape index (κ2) is 14.2. The van der Waals surface area contributed by atoms with E-state index in [0.29, 0.717) is 16.7 Å². The van der Waals surface area contributed by atoms with Gasteiger partial charge in [-0.15, -0.1) is 16.9 Å². The number of imide groups is 1. The summed E-state index contributed by atoms with van der Waals surface area (Å²) in [4.78, 5) is 77.6. The van der Waals surface area contributed by atoms with Gasteiger partial charge in [0.15, 0.2) is 4.67 Å². The summed E-state index contributed by atoms with van der Waals surface area (Å²) in [5, 5.41) is 21.5. The van der Waals surface area contributed by atoms with Crippen molar-refractivity contribution in [1.82, 2.24) is 25.4 Å². The Kier molecular flexibility index (Phi) is 10.8. The Hall–Kier alpha value is -3.38. The van der Waals surface area contributed by atoms with Gasteiger partial charge in [0.25, 0.3) is 5.91 Å². The van der Waals surface area contributed by atoms with Crippen molar-refractivity contribution in [3.8, 4) is 0 Å². The van der Waals surface area contributed by atoms with E-state index in [-0.39, 0.29) is 66.5 Å². The van der Waals surface area contributed by atoms with E-state index in [1.807, 2.05) is 0 Å². The summed E-state index contributed by atoms with van der Waals surface area (Å²) < 4.78 is 10.7. The molecular formula is C26H24BrN6NaO9S. The Morgan fingerprint density at radius 3 is 2.57 bits per heavy atom. The fourth-order valence-corrected chi connectivity index (χ4v) is 6.40. The van der Waals surface area contributed by atoms with E-state index in [1.165, 1.54) is 18.7 Å². The minimum Gasteiger partial charge on any atom is -0.543 e. The first-order valence-corrected chi connectivity index (χ1v) is 14.8. The van der Waals surface area contributed by atoms with Crippen molar-refractivity contribution >= 4 is 69.4 Å². The molecule has 4 heterocycles. The molecule has 15 nitrogen and oxygen atoms in total. The van der Waals surface area contributed by atoms with Gasteiger partial charge in [-0.3, -0.25) is 19.3 Å². The van der Waals surface area contributed by atoms with Crippen LogP contribution in [-0.4, -0.2) is 93.4 Å². The maximum atomic E-state index is 13.5. The molecule has 1 unspecified atom stereocenters. The molecule has 18 heteroatoms. The van der Waals surface area contributed by atoms with E-state index in [0.717, 1.165) is 14.8 Å². The summed E-state index contributed by atoms with van der Waals surface area (Å²) >= 11 is 4.36. The van der Waals surface area contributed by atoms with Crippen molar-refractivity contribution in [2.75, 3.05) is 25.4 Å². The van der Waals surface area contributed by atoms with Crippen molar-refractivity contribution in [3.05, 3.63) is 57.9 Å². The van der Waals surface area contributed by atoms with E-state index in [1.54, 1.807) is 36.4 Å². The molecule has 6 amide bonds. The van der Waals surface area contributed by atoms with Gasteiger partial charge >= 0.3 is 47.6 Å². The van der Waals surface area contributed by atoms with Gasteiger partial charge in [0.05, 0.1) is 24.8 Å². The molecule has 44 heavy (non-hydrogen) atoms. The topological polar surface area (TPSA) is 190 Å². The Bertz CT molecular complexity index is 1490. The summed E-state index contributed by atoms with van der Waals surface area (Å²) in [7, 11) is 0. The first-order chi connectivity index (χ1) is 20.5. The van der Waals surface area contributed by atoms with Gasteiger partial charge in [0, 0.05) is 24.7 Å². The fraction of sp³-hybridized carbons (Fsp3) is 0.346. The molecule has 226 valence electrons. The summed E-state index contributed by atoms with van der Waals surface area (Å²) in [6.45, 7) is 0.967. The van der Waals surface area contributed by atoms with E-state index < -0.39 is 59.0 Å². The zero-order valence-electron chi connectivity index (χ0n) is 23.5. The number of esters is 1. The molecule has 0 saturated carbocycles. The second-order valence-electron chi connectivity index (χ2n) is 9.57. The Balaban J connectivity index is 0.00000442. The third-order valence-corrected chi connectivity index (χ3v) is 8.59. The molecule has 0 aromatic heterocycles. The van der Waals surface area contributed by atoms with Crippen LogP contribution >= 0.6 is 27.7 Å². The molecule has 4 aliphatic heterocycles. The van der Waals surface area contributed by atoms with Crippen LogP contribution in [-0.2, 0) is 28.7 Å². The second-order valence-corrected chi connectivity index (χ2v) is 11.5. The molecule has 0 radical (unpaired) electrons. The largest absolute Gasteiger partial charge is 1.00 e. The molecule has 0 bridgehead atoms. The van der Waals surface area contributed by atoms with Gasteiger partial charge in [0.2, 0.25) is 11.8 Å². The van der Waals surface area contributed by atoms with Crippen LogP contribution in [0.15, 0.2) is 57.4 Å². The van der Waals surface area contributed by atoms with Crippen molar-refractivity contribution in [2.45, 2.75) is 30.8 Å². The standard InChI is InChI=1S/C26H25BrN6O9S.Na/c1-13(34)41-11-15-12-43-23-19(22(36)33(23)20(15)24(37)38)28-21(35)18(14-5-3-2-4-6-14)29-25(39)31-9-10-32(26(31)40)30-17-8-7-16(27)42-17;/h2-7,18-19,23H,8-12H2,1H3,(H,28,35)(H,29,39)(H,37,38);/q;+1/p-1/t18-,19?,23-;/m1./s1. The molecule has 1 aromatic carbocycles. The van der Waals surface area contributed by atoms with E-state index >= 15 is 0 Å². The van der Waals surface area contributed by atoms with Crippen LogP contribution in [0.4, 0.5) is 9.59 Å². The average Bonchev–Trinajstić information content (AvgIpc) is 3.57. The molecule has 1 aromatic rings. The number of carbonyl (C=O) groups excluding carboxylic acids is 6. The minimum atomic E-state index is -1.61. The van der Waals surface area contributed by atoms with Crippen LogP contribution in [0.2, 0.25) is 0 Å². The summed E-state index contributed by atoms with van der Waals surface area (Å²) in [6.07, 6.45) is 2.10. The number of nitrogens with one attached hydrogen (secondary N) is 2. The smallest absolute Gasteiger partial charge is 0.543 e. The Morgan fingerprint density at radius 1 is 1.20 bits per heavy atom. The number of carboxylic acids is 1. The maximum Gasteiger partial charge on any atom is 1.00 e. The number of benzene rings is 1. The van der Waals surface area contributed by atoms with Gasteiger partial charge in [0.1, 0.15) is 24.1 Å². The number of halogens is 1. The third kappa shape index (κ3) is 6.96. The number of β-lactam (4-membered cyclic amide) rings is 1. The van der Waals surface area contributed by atoms with Gasteiger partial charge < -0.3 is 30.0 Å². The van der Waals surface area contributed by atoms with Gasteiger partial charge in [-0.1, -0.05) is 30.3 Å². The maximum absolute atomic E-state index is 13.5. The molecule has 0 aliphatic carbocycles. The number of rotatable bonds is 8. The van der Waals surface area contributed by atoms with Crippen LogP contribution in [0, 0.1) is 0 Å². The molecule has 4 aliphatic rings. The van der Waals surface area contributed by atoms with Crippen LogP contribution in [0.25, 0.3) is 0 Å². The fourth-order valence-electron chi connectivity index (χ4n) is 4.72. The molecular weight excluding hydrogens is 675 g/mol. The van der Waals surface area contributed by atoms with Crippen molar-refractivity contribution < 1.29 is 72.9 Å². The first kappa shape index (κ1) is 33.5. The quantitative estimate of drug-likeness (QED) is 0.162. The number of urea groups is 2. The zero-order valence-corrected chi connectivity index (χ0v) is 27.9. The Labute approximate surface area is 285 Å². The molecule has 0 spiro atoms. The van der Waals surface area contributed by atoms with E-state index in [9.17, 15) is 33.9 Å². The predicted octanol–water partition coefficient (Wildman–Crippen LogP) is -2.88. The van der Waals surface area contributed by atoms with Crippen LogP contribution in [0.3, 0.4) is 0 Å². The zero-order chi connectivity index (χ0) is 30.8. The van der Waals surface area contributed by atoms with E-state index in [4.69, 9.17) is 9.47 Å². The monoisotopic (exact) mass is 698 g/mol. The van der Waals surface area contributed by atoms with Gasteiger partial charge in [-0.05, 0) is 27.6 Å². The van der Waals surface area contributed by atoms with Crippen LogP contribution in [0.5, 0.6) is 0 Å². The minimum absolute atomic E-state index is 0. The average molecular weight is 699 g/mol. The summed E-state index contributed by atoms with van der Waals surface area (Å²) in [5.41, 5.74) is 0.174. The summed E-state index contributed by atoms with van der Waals surface area (Å²) in [6, 6.07) is 4.25. The number of thioether (sulfide) groups is 1. The normalized spacial score (nSPS) is 22.4. The third-order valence-electron chi connectivity index (χ3n) is 6.77. The van der Waals surface area contributed by atoms with Crippen molar-refractivity contribution in [2.24, 2.45) is 5.10 Å². The molecule has 5 rings (SSSR count). The SMILES string of the molecule is CC(=O)OCC1=C(C(=O)[O-])N2C(=O)C(NC(=O)[C@H](NC(=O)N3CCN(N=C4CC=C(Br)O4)C3=O)c3ccccc3)[C@H]2SC1.[Na+]. The number of carboxylic acid groups (broad SMARTS) is 1. The van der Waals surface area contributed by atoms with Crippen LogP contribution < -0.4 is 45.3 Å². The number of aliphatic carboxylic acids is 1. The summed E-state index contributed by atoms with van der Waals surface area (Å²) in [5.74, 6) is -3.29. The number of nitrogens with zero attached hydrogens (tertiary/aromatic N) is 4. The number of hydrogen-bond acceptors (Lipinski definition) is 11. The van der Waals surface area contributed by atoms with Gasteiger partial charge in [-0.2, -0.15) is 0 Å². The number of fused-ring (bicyclic) bond motifs is 1. The van der Waals surface area contributed by atoms with Gasteiger partial charge in [-0.25, -0.2) is 19.5 Å². The van der Waals surface area contributed by atoms with Crippen LogP contribution in [0.1, 0.15) is 24.9 Å². The molecule has 2 saturated heterocycles. The first-order valence-electron chi connectivity index (χ1n) is 12.9. The molecule has 3 atom stereocenters. The number of hydrazone groups is 1. The number of carbonyl (C=O) groups is 6. The van der Waals surface area contributed by atoms with E-state index in [2.05, 4.69) is 31.7 Å². The molecule has 2 N–H and O–H groups in total.